The molecule has 4 rings (SSSR count). The van der Waals surface area contributed by atoms with Crippen LogP contribution in [-0.2, 0) is 13.1 Å². The van der Waals surface area contributed by atoms with E-state index < -0.39 is 0 Å². The first-order valence-corrected chi connectivity index (χ1v) is 10.5. The molecule has 0 amide bonds. The average Bonchev–Trinajstić information content (AvgIpc) is 3.16. The van der Waals surface area contributed by atoms with Crippen molar-refractivity contribution in [3.05, 3.63) is 47.8 Å². The molecular formula is C22H33N5. The van der Waals surface area contributed by atoms with Gasteiger partial charge in [-0.3, -0.25) is 14.5 Å². The molecule has 2 fully saturated rings. The van der Waals surface area contributed by atoms with Gasteiger partial charge in [-0.25, -0.2) is 0 Å². The number of para-hydroxylation sites is 1. The van der Waals surface area contributed by atoms with Gasteiger partial charge in [0, 0.05) is 69.3 Å². The summed E-state index contributed by atoms with van der Waals surface area (Å²) in [4.78, 5) is 7.92. The molecule has 2 aliphatic rings. The SMILES string of the molecule is CCn1cc(CN2CCCC(N3CCN(c4ccccc4C)CC3)C2)cn1. The quantitative estimate of drug-likeness (QED) is 0.812. The molecule has 2 saturated heterocycles. The summed E-state index contributed by atoms with van der Waals surface area (Å²) in [6.07, 6.45) is 6.89. The van der Waals surface area contributed by atoms with Gasteiger partial charge >= 0.3 is 0 Å². The standard InChI is InChI=1S/C22H33N5/c1-3-27-17-20(15-23-27)16-24-10-6-8-21(18-24)25-11-13-26(14-12-25)22-9-5-4-7-19(22)2/h4-5,7,9,15,17,21H,3,6,8,10-14,16,18H2,1-2H3. The van der Waals surface area contributed by atoms with Gasteiger partial charge in [-0.2, -0.15) is 5.10 Å². The fourth-order valence-corrected chi connectivity index (χ4v) is 4.64. The smallest absolute Gasteiger partial charge is 0.0534 e. The number of hydrogen-bond acceptors (Lipinski definition) is 4. The molecule has 0 saturated carbocycles. The maximum atomic E-state index is 4.43. The maximum absolute atomic E-state index is 4.43. The zero-order chi connectivity index (χ0) is 18.6. The second-order valence-electron chi connectivity index (χ2n) is 8.04. The summed E-state index contributed by atoms with van der Waals surface area (Å²) in [5, 5.41) is 4.43. The van der Waals surface area contributed by atoms with Gasteiger partial charge in [-0.05, 0) is 44.9 Å². The second-order valence-corrected chi connectivity index (χ2v) is 8.04. The van der Waals surface area contributed by atoms with Gasteiger partial charge in [0.25, 0.3) is 0 Å². The van der Waals surface area contributed by atoms with E-state index >= 15 is 0 Å². The Labute approximate surface area is 163 Å². The topological polar surface area (TPSA) is 27.5 Å². The monoisotopic (exact) mass is 367 g/mol. The van der Waals surface area contributed by atoms with E-state index in [1.165, 1.54) is 55.8 Å². The number of anilines is 1. The fourth-order valence-electron chi connectivity index (χ4n) is 4.64. The molecule has 1 atom stereocenters. The Kier molecular flexibility index (Phi) is 5.79. The zero-order valence-electron chi connectivity index (χ0n) is 16.8. The molecular weight excluding hydrogens is 334 g/mol. The Morgan fingerprint density at radius 1 is 1.07 bits per heavy atom. The highest BCUT2D eigenvalue weighted by Gasteiger charge is 2.28. The lowest BCUT2D eigenvalue weighted by atomic mass is 10.0. The summed E-state index contributed by atoms with van der Waals surface area (Å²) in [5.41, 5.74) is 4.15. The van der Waals surface area contributed by atoms with E-state index in [0.717, 1.165) is 26.2 Å². The van der Waals surface area contributed by atoms with Crippen molar-refractivity contribution >= 4 is 5.69 Å². The first kappa shape index (κ1) is 18.5. The predicted molar refractivity (Wildman–Crippen MR) is 111 cm³/mol. The number of piperazine rings is 1. The van der Waals surface area contributed by atoms with Crippen LogP contribution in [-0.4, -0.2) is 64.9 Å². The third kappa shape index (κ3) is 4.36. The van der Waals surface area contributed by atoms with Crippen LogP contribution in [0.15, 0.2) is 36.7 Å². The van der Waals surface area contributed by atoms with Crippen LogP contribution in [0.3, 0.4) is 0 Å². The van der Waals surface area contributed by atoms with Crippen molar-refractivity contribution in [2.75, 3.05) is 44.2 Å². The number of benzene rings is 1. The molecule has 0 bridgehead atoms. The molecule has 1 unspecified atom stereocenters. The van der Waals surface area contributed by atoms with Gasteiger partial charge in [-0.15, -0.1) is 0 Å². The molecule has 0 N–H and O–H groups in total. The number of aromatic nitrogens is 2. The summed E-state index contributed by atoms with van der Waals surface area (Å²) in [7, 11) is 0. The van der Waals surface area contributed by atoms with E-state index in [4.69, 9.17) is 0 Å². The largest absolute Gasteiger partial charge is 0.369 e. The molecule has 0 radical (unpaired) electrons. The first-order valence-electron chi connectivity index (χ1n) is 10.5. The van der Waals surface area contributed by atoms with Crippen LogP contribution < -0.4 is 4.90 Å². The van der Waals surface area contributed by atoms with Crippen LogP contribution in [0, 0.1) is 6.92 Å². The van der Waals surface area contributed by atoms with E-state index in [-0.39, 0.29) is 0 Å². The van der Waals surface area contributed by atoms with Crippen LogP contribution in [0.2, 0.25) is 0 Å². The molecule has 2 aliphatic heterocycles. The van der Waals surface area contributed by atoms with Crippen molar-refractivity contribution in [3.8, 4) is 0 Å². The molecule has 5 heteroatoms. The van der Waals surface area contributed by atoms with Crippen LogP contribution in [0.1, 0.15) is 30.9 Å². The van der Waals surface area contributed by atoms with Gasteiger partial charge < -0.3 is 4.90 Å². The Morgan fingerprint density at radius 2 is 1.89 bits per heavy atom. The third-order valence-corrected chi connectivity index (χ3v) is 6.18. The molecule has 1 aromatic heterocycles. The van der Waals surface area contributed by atoms with E-state index in [0.29, 0.717) is 6.04 Å². The van der Waals surface area contributed by atoms with Crippen molar-refractivity contribution in [2.24, 2.45) is 0 Å². The molecule has 5 nitrogen and oxygen atoms in total. The van der Waals surface area contributed by atoms with Gasteiger partial charge in [-0.1, -0.05) is 18.2 Å². The van der Waals surface area contributed by atoms with Gasteiger partial charge in [0.1, 0.15) is 0 Å². The van der Waals surface area contributed by atoms with Crippen LogP contribution >= 0.6 is 0 Å². The fraction of sp³-hybridized carbons (Fsp3) is 0.591. The number of likely N-dealkylation sites (tertiary alicyclic amines) is 1. The Balaban J connectivity index is 1.31. The summed E-state index contributed by atoms with van der Waals surface area (Å²) < 4.78 is 2.03. The normalized spacial score (nSPS) is 22.3. The highest BCUT2D eigenvalue weighted by atomic mass is 15.3. The Hall–Kier alpha value is -1.85. The van der Waals surface area contributed by atoms with Gasteiger partial charge in [0.15, 0.2) is 0 Å². The third-order valence-electron chi connectivity index (χ3n) is 6.18. The molecule has 3 heterocycles. The summed E-state index contributed by atoms with van der Waals surface area (Å²) in [6.45, 7) is 13.4. The van der Waals surface area contributed by atoms with E-state index in [1.807, 2.05) is 10.9 Å². The summed E-state index contributed by atoms with van der Waals surface area (Å²) in [6, 6.07) is 9.49. The first-order chi connectivity index (χ1) is 13.2. The van der Waals surface area contributed by atoms with E-state index in [2.05, 4.69) is 64.1 Å². The highest BCUT2D eigenvalue weighted by molar-refractivity contribution is 5.53. The summed E-state index contributed by atoms with van der Waals surface area (Å²) >= 11 is 0. The van der Waals surface area contributed by atoms with Gasteiger partial charge in [0.05, 0.1) is 6.20 Å². The van der Waals surface area contributed by atoms with Crippen LogP contribution in [0.4, 0.5) is 5.69 Å². The minimum Gasteiger partial charge on any atom is -0.369 e. The van der Waals surface area contributed by atoms with Gasteiger partial charge in [0.2, 0.25) is 0 Å². The lowest BCUT2D eigenvalue weighted by Gasteiger charge is -2.44. The van der Waals surface area contributed by atoms with Crippen molar-refractivity contribution in [3.63, 3.8) is 0 Å². The lowest BCUT2D eigenvalue weighted by Crippen LogP contribution is -2.55. The van der Waals surface area contributed by atoms with E-state index in [1.54, 1.807) is 0 Å². The van der Waals surface area contributed by atoms with E-state index in [9.17, 15) is 0 Å². The minimum absolute atomic E-state index is 0.707. The van der Waals surface area contributed by atoms with Crippen molar-refractivity contribution in [1.82, 2.24) is 19.6 Å². The molecule has 27 heavy (non-hydrogen) atoms. The Morgan fingerprint density at radius 3 is 2.63 bits per heavy atom. The molecule has 0 spiro atoms. The van der Waals surface area contributed by atoms with Crippen LogP contribution in [0.5, 0.6) is 0 Å². The number of nitrogens with zero attached hydrogens (tertiary/aromatic N) is 5. The lowest BCUT2D eigenvalue weighted by molar-refractivity contribution is 0.0887. The zero-order valence-corrected chi connectivity index (χ0v) is 16.8. The number of aryl methyl sites for hydroxylation is 2. The number of hydrogen-bond donors (Lipinski definition) is 0. The maximum Gasteiger partial charge on any atom is 0.0534 e. The van der Waals surface area contributed by atoms with Crippen molar-refractivity contribution in [1.29, 1.82) is 0 Å². The highest BCUT2D eigenvalue weighted by Crippen LogP contribution is 2.24. The molecule has 2 aromatic rings. The van der Waals surface area contributed by atoms with Crippen molar-refractivity contribution in [2.45, 2.75) is 45.8 Å². The average molecular weight is 368 g/mol. The molecule has 0 aliphatic carbocycles. The van der Waals surface area contributed by atoms with Crippen LogP contribution in [0.25, 0.3) is 0 Å². The summed E-state index contributed by atoms with van der Waals surface area (Å²) in [5.74, 6) is 0. The molecule has 1 aromatic carbocycles. The second kappa shape index (κ2) is 8.44. The predicted octanol–water partition coefficient (Wildman–Crippen LogP) is 3.00. The molecule has 146 valence electrons. The van der Waals surface area contributed by atoms with Crippen molar-refractivity contribution < 1.29 is 0 Å². The Bertz CT molecular complexity index is 732. The number of piperidine rings is 1. The minimum atomic E-state index is 0.707. The number of rotatable bonds is 5.